The van der Waals surface area contributed by atoms with Crippen LogP contribution in [0.5, 0.6) is 0 Å². The first kappa shape index (κ1) is 15.8. The number of benzene rings is 1. The fourth-order valence-electron chi connectivity index (χ4n) is 2.58. The molecule has 0 saturated heterocycles. The van der Waals surface area contributed by atoms with Crippen molar-refractivity contribution in [3.63, 3.8) is 0 Å². The first-order valence-electron chi connectivity index (χ1n) is 7.85. The Kier molecular flexibility index (Phi) is 5.18. The second-order valence-electron chi connectivity index (χ2n) is 6.05. The lowest BCUT2D eigenvalue weighted by atomic mass is 9.99. The standard InChI is InChI=1S/C18H27N3/c1-6-18-17(12-21(5)20-18)11-19-14(4)16-9-7-15(8-10-16)13(2)3/h7-10,12-14,19H,6,11H2,1-5H3. The summed E-state index contributed by atoms with van der Waals surface area (Å²) in [5.41, 5.74) is 5.21. The molecule has 0 aliphatic carbocycles. The van der Waals surface area contributed by atoms with Crippen LogP contribution in [-0.4, -0.2) is 9.78 Å². The van der Waals surface area contributed by atoms with Crippen molar-refractivity contribution < 1.29 is 0 Å². The van der Waals surface area contributed by atoms with Gasteiger partial charge in [-0.1, -0.05) is 45.0 Å². The Hall–Kier alpha value is -1.61. The minimum Gasteiger partial charge on any atom is -0.306 e. The molecule has 0 aliphatic heterocycles. The topological polar surface area (TPSA) is 29.9 Å². The molecular formula is C18H27N3. The molecule has 2 rings (SSSR count). The van der Waals surface area contributed by atoms with Crippen LogP contribution in [0.3, 0.4) is 0 Å². The second-order valence-corrected chi connectivity index (χ2v) is 6.05. The van der Waals surface area contributed by atoms with Crippen LogP contribution in [-0.2, 0) is 20.0 Å². The molecule has 3 nitrogen and oxygen atoms in total. The molecule has 1 heterocycles. The van der Waals surface area contributed by atoms with E-state index in [9.17, 15) is 0 Å². The van der Waals surface area contributed by atoms with Crippen molar-refractivity contribution in [3.8, 4) is 0 Å². The van der Waals surface area contributed by atoms with E-state index in [-0.39, 0.29) is 0 Å². The van der Waals surface area contributed by atoms with Crippen molar-refractivity contribution in [1.29, 1.82) is 0 Å². The van der Waals surface area contributed by atoms with Crippen LogP contribution in [0.1, 0.15) is 62.0 Å². The molecule has 1 aromatic carbocycles. The lowest BCUT2D eigenvalue weighted by molar-refractivity contribution is 0.572. The van der Waals surface area contributed by atoms with E-state index in [1.54, 1.807) is 0 Å². The van der Waals surface area contributed by atoms with Gasteiger partial charge >= 0.3 is 0 Å². The lowest BCUT2D eigenvalue weighted by Crippen LogP contribution is -2.18. The van der Waals surface area contributed by atoms with E-state index in [1.807, 2.05) is 11.7 Å². The number of nitrogens with one attached hydrogen (secondary N) is 1. The summed E-state index contributed by atoms with van der Waals surface area (Å²) in [6, 6.07) is 9.28. The third-order valence-electron chi connectivity index (χ3n) is 4.03. The van der Waals surface area contributed by atoms with Gasteiger partial charge in [-0.15, -0.1) is 0 Å². The monoisotopic (exact) mass is 285 g/mol. The van der Waals surface area contributed by atoms with Gasteiger partial charge in [0, 0.05) is 31.4 Å². The summed E-state index contributed by atoms with van der Waals surface area (Å²) in [6.07, 6.45) is 3.09. The van der Waals surface area contributed by atoms with E-state index >= 15 is 0 Å². The van der Waals surface area contributed by atoms with E-state index in [4.69, 9.17) is 0 Å². The zero-order valence-electron chi connectivity index (χ0n) is 13.9. The summed E-state index contributed by atoms with van der Waals surface area (Å²) in [5, 5.41) is 8.09. The highest BCUT2D eigenvalue weighted by atomic mass is 15.3. The fourth-order valence-corrected chi connectivity index (χ4v) is 2.58. The van der Waals surface area contributed by atoms with Gasteiger partial charge in [0.1, 0.15) is 0 Å². The highest BCUT2D eigenvalue weighted by molar-refractivity contribution is 5.27. The highest BCUT2D eigenvalue weighted by Crippen LogP contribution is 2.19. The van der Waals surface area contributed by atoms with Gasteiger partial charge < -0.3 is 5.32 Å². The number of aromatic nitrogens is 2. The third-order valence-corrected chi connectivity index (χ3v) is 4.03. The van der Waals surface area contributed by atoms with Crippen LogP contribution in [0.2, 0.25) is 0 Å². The first-order valence-corrected chi connectivity index (χ1v) is 7.85. The summed E-state index contributed by atoms with van der Waals surface area (Å²) in [4.78, 5) is 0. The van der Waals surface area contributed by atoms with Crippen LogP contribution in [0.4, 0.5) is 0 Å². The predicted molar refractivity (Wildman–Crippen MR) is 88.4 cm³/mol. The molecule has 0 radical (unpaired) electrons. The van der Waals surface area contributed by atoms with Gasteiger partial charge in [0.15, 0.2) is 0 Å². The van der Waals surface area contributed by atoms with E-state index in [2.05, 4.69) is 68.6 Å². The zero-order valence-corrected chi connectivity index (χ0v) is 13.9. The number of rotatable bonds is 6. The largest absolute Gasteiger partial charge is 0.306 e. The molecule has 0 saturated carbocycles. The summed E-state index contributed by atoms with van der Waals surface area (Å²) >= 11 is 0. The van der Waals surface area contributed by atoms with Crippen LogP contribution in [0.25, 0.3) is 0 Å². The molecule has 0 aliphatic rings. The summed E-state index contributed by atoms with van der Waals surface area (Å²) < 4.78 is 1.90. The molecule has 1 unspecified atom stereocenters. The summed E-state index contributed by atoms with van der Waals surface area (Å²) in [5.74, 6) is 0.588. The molecule has 21 heavy (non-hydrogen) atoms. The van der Waals surface area contributed by atoms with Gasteiger partial charge in [-0.2, -0.15) is 5.10 Å². The predicted octanol–water partition coefficient (Wildman–Crippen LogP) is 3.96. The van der Waals surface area contributed by atoms with Gasteiger partial charge in [-0.05, 0) is 30.4 Å². The number of hydrogen-bond acceptors (Lipinski definition) is 2. The molecule has 3 heteroatoms. The smallest absolute Gasteiger partial charge is 0.0666 e. The van der Waals surface area contributed by atoms with Crippen molar-refractivity contribution >= 4 is 0 Å². The van der Waals surface area contributed by atoms with E-state index in [0.717, 1.165) is 13.0 Å². The van der Waals surface area contributed by atoms with Gasteiger partial charge in [-0.25, -0.2) is 0 Å². The van der Waals surface area contributed by atoms with Gasteiger partial charge in [0.25, 0.3) is 0 Å². The Labute approximate surface area is 128 Å². The third kappa shape index (κ3) is 3.94. The molecule has 0 spiro atoms. The molecule has 1 aromatic heterocycles. The Bertz CT molecular complexity index is 567. The molecule has 114 valence electrons. The van der Waals surface area contributed by atoms with Crippen molar-refractivity contribution in [2.24, 2.45) is 7.05 Å². The number of aryl methyl sites for hydroxylation is 2. The van der Waals surface area contributed by atoms with Gasteiger partial charge in [-0.3, -0.25) is 4.68 Å². The molecule has 1 N–H and O–H groups in total. The molecule has 2 aromatic rings. The Morgan fingerprint density at radius 1 is 1.10 bits per heavy atom. The average Bonchev–Trinajstić information content (AvgIpc) is 2.85. The van der Waals surface area contributed by atoms with Crippen LogP contribution in [0, 0.1) is 0 Å². The zero-order chi connectivity index (χ0) is 15.4. The SMILES string of the molecule is CCc1nn(C)cc1CNC(C)c1ccc(C(C)C)cc1. The van der Waals surface area contributed by atoms with E-state index < -0.39 is 0 Å². The molecular weight excluding hydrogens is 258 g/mol. The quantitative estimate of drug-likeness (QED) is 0.870. The molecule has 0 bridgehead atoms. The maximum atomic E-state index is 4.49. The van der Waals surface area contributed by atoms with Crippen LogP contribution < -0.4 is 5.32 Å². The molecule has 0 fully saturated rings. The minimum atomic E-state index is 0.344. The van der Waals surface area contributed by atoms with Gasteiger partial charge in [0.05, 0.1) is 5.69 Å². The summed E-state index contributed by atoms with van der Waals surface area (Å²) in [6.45, 7) is 9.69. The second kappa shape index (κ2) is 6.90. The van der Waals surface area contributed by atoms with Crippen molar-refractivity contribution in [2.75, 3.05) is 0 Å². The maximum Gasteiger partial charge on any atom is 0.0666 e. The maximum absolute atomic E-state index is 4.49. The van der Waals surface area contributed by atoms with Crippen molar-refractivity contribution in [1.82, 2.24) is 15.1 Å². The molecule has 1 atom stereocenters. The van der Waals surface area contributed by atoms with Gasteiger partial charge in [0.2, 0.25) is 0 Å². The van der Waals surface area contributed by atoms with Crippen LogP contribution >= 0.6 is 0 Å². The minimum absolute atomic E-state index is 0.344. The van der Waals surface area contributed by atoms with Crippen molar-refractivity contribution in [3.05, 3.63) is 52.8 Å². The molecule has 0 amide bonds. The van der Waals surface area contributed by atoms with E-state index in [1.165, 1.54) is 22.4 Å². The lowest BCUT2D eigenvalue weighted by Gasteiger charge is -2.15. The fraction of sp³-hybridized carbons (Fsp3) is 0.500. The Balaban J connectivity index is 1.99. The average molecular weight is 285 g/mol. The Morgan fingerprint density at radius 2 is 1.71 bits per heavy atom. The van der Waals surface area contributed by atoms with Crippen molar-refractivity contribution in [2.45, 2.75) is 52.6 Å². The summed E-state index contributed by atoms with van der Waals surface area (Å²) in [7, 11) is 1.98. The normalized spacial score (nSPS) is 12.9. The highest BCUT2D eigenvalue weighted by Gasteiger charge is 2.09. The number of hydrogen-bond donors (Lipinski definition) is 1. The van der Waals surface area contributed by atoms with E-state index in [0.29, 0.717) is 12.0 Å². The number of nitrogens with zero attached hydrogens (tertiary/aromatic N) is 2. The van der Waals surface area contributed by atoms with Crippen LogP contribution in [0.15, 0.2) is 30.5 Å². The first-order chi connectivity index (χ1) is 10.0. The Morgan fingerprint density at radius 3 is 2.29 bits per heavy atom.